The molecule has 0 atom stereocenters. The predicted octanol–water partition coefficient (Wildman–Crippen LogP) is 1.37. The lowest BCUT2D eigenvalue weighted by molar-refractivity contribution is 0.600. The molecule has 0 aliphatic heterocycles. The minimum Gasteiger partial charge on any atom is -0.273 e. The smallest absolute Gasteiger partial charge is 0.232 e. The molecular formula is C11H13NO2S. The van der Waals surface area contributed by atoms with Gasteiger partial charge in [-0.15, -0.1) is 6.42 Å². The van der Waals surface area contributed by atoms with Crippen LogP contribution in [-0.2, 0) is 10.0 Å². The summed E-state index contributed by atoms with van der Waals surface area (Å²) in [6.07, 6.45) is 6.42. The van der Waals surface area contributed by atoms with Crippen LogP contribution in [-0.4, -0.2) is 21.7 Å². The molecule has 0 amide bonds. The van der Waals surface area contributed by atoms with E-state index < -0.39 is 10.0 Å². The van der Waals surface area contributed by atoms with Gasteiger partial charge in [0, 0.05) is 12.6 Å². The van der Waals surface area contributed by atoms with E-state index in [1.54, 1.807) is 12.1 Å². The molecule has 0 aliphatic rings. The summed E-state index contributed by atoms with van der Waals surface area (Å²) < 4.78 is 23.9. The SMILES string of the molecule is C#Cc1ccc(C)c(N(C)S(C)(=O)=O)c1. The quantitative estimate of drug-likeness (QED) is 0.710. The Hall–Kier alpha value is -1.47. The van der Waals surface area contributed by atoms with Crippen LogP contribution in [0.3, 0.4) is 0 Å². The lowest BCUT2D eigenvalue weighted by Crippen LogP contribution is -2.25. The molecule has 0 heterocycles. The summed E-state index contributed by atoms with van der Waals surface area (Å²) in [5, 5.41) is 0. The minimum atomic E-state index is -3.24. The van der Waals surface area contributed by atoms with Crippen molar-refractivity contribution in [2.75, 3.05) is 17.6 Å². The number of benzene rings is 1. The third-order valence-corrected chi connectivity index (χ3v) is 3.40. The van der Waals surface area contributed by atoms with Crippen LogP contribution < -0.4 is 4.31 Å². The number of anilines is 1. The number of rotatable bonds is 2. The Morgan fingerprint density at radius 2 is 2.00 bits per heavy atom. The van der Waals surface area contributed by atoms with Crippen LogP contribution in [0.15, 0.2) is 18.2 Å². The summed E-state index contributed by atoms with van der Waals surface area (Å²) in [5.74, 6) is 2.48. The first kappa shape index (κ1) is 11.6. The number of terminal acetylenes is 1. The van der Waals surface area contributed by atoms with E-state index in [2.05, 4.69) is 5.92 Å². The Morgan fingerprint density at radius 1 is 1.40 bits per heavy atom. The Morgan fingerprint density at radius 3 is 2.47 bits per heavy atom. The van der Waals surface area contributed by atoms with Crippen molar-refractivity contribution in [1.29, 1.82) is 0 Å². The average Bonchev–Trinajstić information content (AvgIpc) is 2.16. The van der Waals surface area contributed by atoms with Crippen LogP contribution in [0, 0.1) is 19.3 Å². The van der Waals surface area contributed by atoms with Gasteiger partial charge in [-0.3, -0.25) is 4.31 Å². The zero-order valence-corrected chi connectivity index (χ0v) is 9.80. The van der Waals surface area contributed by atoms with Gasteiger partial charge in [-0.1, -0.05) is 12.0 Å². The molecule has 1 rings (SSSR count). The van der Waals surface area contributed by atoms with Crippen molar-refractivity contribution in [1.82, 2.24) is 0 Å². The molecule has 0 saturated heterocycles. The molecule has 3 nitrogen and oxygen atoms in total. The van der Waals surface area contributed by atoms with Gasteiger partial charge in [-0.2, -0.15) is 0 Å². The molecule has 80 valence electrons. The molecule has 0 radical (unpaired) electrons. The van der Waals surface area contributed by atoms with Gasteiger partial charge in [0.1, 0.15) is 0 Å². The summed E-state index contributed by atoms with van der Waals surface area (Å²) >= 11 is 0. The monoisotopic (exact) mass is 223 g/mol. The highest BCUT2D eigenvalue weighted by Gasteiger charge is 2.14. The van der Waals surface area contributed by atoms with Gasteiger partial charge in [0.15, 0.2) is 0 Å². The Labute approximate surface area is 90.8 Å². The largest absolute Gasteiger partial charge is 0.273 e. The summed E-state index contributed by atoms with van der Waals surface area (Å²) in [6, 6.07) is 5.29. The fraction of sp³-hybridized carbons (Fsp3) is 0.273. The lowest BCUT2D eigenvalue weighted by atomic mass is 10.1. The van der Waals surface area contributed by atoms with E-state index in [0.29, 0.717) is 11.3 Å². The van der Waals surface area contributed by atoms with E-state index >= 15 is 0 Å². The molecule has 15 heavy (non-hydrogen) atoms. The number of hydrogen-bond donors (Lipinski definition) is 0. The third kappa shape index (κ3) is 2.51. The highest BCUT2D eigenvalue weighted by molar-refractivity contribution is 7.92. The van der Waals surface area contributed by atoms with Crippen molar-refractivity contribution in [3.05, 3.63) is 29.3 Å². The van der Waals surface area contributed by atoms with E-state index in [9.17, 15) is 8.42 Å². The zero-order valence-electron chi connectivity index (χ0n) is 8.98. The molecule has 0 unspecified atom stereocenters. The fourth-order valence-corrected chi connectivity index (χ4v) is 1.77. The summed E-state index contributed by atoms with van der Waals surface area (Å²) in [7, 11) is -1.73. The van der Waals surface area contributed by atoms with Crippen molar-refractivity contribution in [2.24, 2.45) is 0 Å². The first-order valence-electron chi connectivity index (χ1n) is 4.37. The molecule has 1 aromatic rings. The molecule has 0 fully saturated rings. The zero-order chi connectivity index (χ0) is 11.6. The van der Waals surface area contributed by atoms with Gasteiger partial charge < -0.3 is 0 Å². The topological polar surface area (TPSA) is 37.4 Å². The van der Waals surface area contributed by atoms with Gasteiger partial charge in [0.05, 0.1) is 11.9 Å². The number of aryl methyl sites for hydroxylation is 1. The molecule has 0 bridgehead atoms. The van der Waals surface area contributed by atoms with Crippen LogP contribution in [0.25, 0.3) is 0 Å². The van der Waals surface area contributed by atoms with Crippen molar-refractivity contribution in [3.8, 4) is 12.3 Å². The normalized spacial score (nSPS) is 10.8. The fourth-order valence-electron chi connectivity index (χ4n) is 1.22. The van der Waals surface area contributed by atoms with Crippen LogP contribution in [0.1, 0.15) is 11.1 Å². The molecule has 0 saturated carbocycles. The number of hydrogen-bond acceptors (Lipinski definition) is 2. The molecule has 0 aromatic heterocycles. The first-order valence-corrected chi connectivity index (χ1v) is 6.22. The molecule has 4 heteroatoms. The van der Waals surface area contributed by atoms with Crippen molar-refractivity contribution in [2.45, 2.75) is 6.92 Å². The third-order valence-electron chi connectivity index (χ3n) is 2.21. The lowest BCUT2D eigenvalue weighted by Gasteiger charge is -2.19. The summed E-state index contributed by atoms with van der Waals surface area (Å²) in [4.78, 5) is 0. The second-order valence-corrected chi connectivity index (χ2v) is 5.39. The van der Waals surface area contributed by atoms with Gasteiger partial charge >= 0.3 is 0 Å². The van der Waals surface area contributed by atoms with Crippen molar-refractivity contribution < 1.29 is 8.42 Å². The molecular weight excluding hydrogens is 210 g/mol. The van der Waals surface area contributed by atoms with Gasteiger partial charge in [0.2, 0.25) is 10.0 Å². The average molecular weight is 223 g/mol. The second kappa shape index (κ2) is 3.95. The van der Waals surface area contributed by atoms with Crippen molar-refractivity contribution in [3.63, 3.8) is 0 Å². The van der Waals surface area contributed by atoms with Crippen LogP contribution in [0.5, 0.6) is 0 Å². The van der Waals surface area contributed by atoms with Crippen LogP contribution >= 0.6 is 0 Å². The van der Waals surface area contributed by atoms with Gasteiger partial charge in [-0.25, -0.2) is 8.42 Å². The molecule has 1 aromatic carbocycles. The minimum absolute atomic E-state index is 0.618. The molecule has 0 N–H and O–H groups in total. The van der Waals surface area contributed by atoms with E-state index in [1.165, 1.54) is 11.4 Å². The summed E-state index contributed by atoms with van der Waals surface area (Å²) in [5.41, 5.74) is 2.17. The van der Waals surface area contributed by atoms with Gasteiger partial charge in [0.25, 0.3) is 0 Å². The van der Waals surface area contributed by atoms with E-state index in [1.807, 2.05) is 13.0 Å². The molecule has 0 aliphatic carbocycles. The van der Waals surface area contributed by atoms with Gasteiger partial charge in [-0.05, 0) is 24.6 Å². The predicted molar refractivity (Wildman–Crippen MR) is 62.4 cm³/mol. The standard InChI is InChI=1S/C11H13NO2S/c1-5-10-7-6-9(2)11(8-10)12(3)15(4,13)14/h1,6-8H,2-4H3. The molecule has 0 spiro atoms. The Balaban J connectivity index is 3.32. The highest BCUT2D eigenvalue weighted by atomic mass is 32.2. The number of sulfonamides is 1. The first-order chi connectivity index (χ1) is 6.86. The Kier molecular flexibility index (Phi) is 3.06. The van der Waals surface area contributed by atoms with Crippen molar-refractivity contribution >= 4 is 15.7 Å². The maximum atomic E-state index is 11.4. The van der Waals surface area contributed by atoms with Crippen LogP contribution in [0.2, 0.25) is 0 Å². The van der Waals surface area contributed by atoms with E-state index in [4.69, 9.17) is 6.42 Å². The van der Waals surface area contributed by atoms with Crippen LogP contribution in [0.4, 0.5) is 5.69 Å². The second-order valence-electron chi connectivity index (χ2n) is 3.38. The highest BCUT2D eigenvalue weighted by Crippen LogP contribution is 2.22. The van der Waals surface area contributed by atoms with E-state index in [-0.39, 0.29) is 0 Å². The Bertz CT molecular complexity index is 512. The maximum Gasteiger partial charge on any atom is 0.232 e. The summed E-state index contributed by atoms with van der Waals surface area (Å²) in [6.45, 7) is 1.84. The number of nitrogens with zero attached hydrogens (tertiary/aromatic N) is 1. The van der Waals surface area contributed by atoms with E-state index in [0.717, 1.165) is 11.8 Å². The maximum absolute atomic E-state index is 11.4.